The van der Waals surface area contributed by atoms with Gasteiger partial charge in [-0.05, 0) is 60.9 Å². The lowest BCUT2D eigenvalue weighted by Crippen LogP contribution is -2.29. The van der Waals surface area contributed by atoms with E-state index in [2.05, 4.69) is 26.2 Å². The molecule has 0 saturated heterocycles. The van der Waals surface area contributed by atoms with Gasteiger partial charge < -0.3 is 10.6 Å². The van der Waals surface area contributed by atoms with Crippen molar-refractivity contribution >= 4 is 11.6 Å². The van der Waals surface area contributed by atoms with Gasteiger partial charge in [0.05, 0.1) is 6.54 Å². The van der Waals surface area contributed by atoms with Gasteiger partial charge in [0.25, 0.3) is 0 Å². The molecule has 0 aliphatic heterocycles. The second-order valence-corrected chi connectivity index (χ2v) is 5.43. The number of anilines is 1. The van der Waals surface area contributed by atoms with Crippen molar-refractivity contribution in [3.05, 3.63) is 29.8 Å². The standard InChI is InChI=1S/C14H17FN6O/c1-9-18-19-20-21(9)13-6-11(4-5-12(13)15)17-14(22)8-16-7-10-2-3-10/h4-6,10,16H,2-3,7-8H2,1H3,(H,17,22). The van der Waals surface area contributed by atoms with Crippen LogP contribution in [0.25, 0.3) is 5.69 Å². The van der Waals surface area contributed by atoms with Crippen molar-refractivity contribution in [1.29, 1.82) is 0 Å². The predicted molar refractivity (Wildman–Crippen MR) is 78.1 cm³/mol. The van der Waals surface area contributed by atoms with E-state index < -0.39 is 5.82 Å². The zero-order valence-electron chi connectivity index (χ0n) is 12.2. The van der Waals surface area contributed by atoms with Gasteiger partial charge in [0.2, 0.25) is 5.91 Å². The SMILES string of the molecule is Cc1nnnn1-c1cc(NC(=O)CNCC2CC2)ccc1F. The topological polar surface area (TPSA) is 84.7 Å². The Kier molecular flexibility index (Phi) is 4.10. The highest BCUT2D eigenvalue weighted by atomic mass is 19.1. The van der Waals surface area contributed by atoms with Crippen LogP contribution in [-0.4, -0.2) is 39.2 Å². The molecule has 1 aliphatic rings. The molecular weight excluding hydrogens is 287 g/mol. The van der Waals surface area contributed by atoms with Gasteiger partial charge in [0, 0.05) is 5.69 Å². The van der Waals surface area contributed by atoms with Gasteiger partial charge in [0.15, 0.2) is 5.82 Å². The molecule has 0 spiro atoms. The number of aromatic nitrogens is 4. The summed E-state index contributed by atoms with van der Waals surface area (Å²) < 4.78 is 15.2. The van der Waals surface area contributed by atoms with Gasteiger partial charge in [-0.2, -0.15) is 4.68 Å². The lowest BCUT2D eigenvalue weighted by molar-refractivity contribution is -0.115. The number of amides is 1. The maximum absolute atomic E-state index is 13.9. The van der Waals surface area contributed by atoms with Gasteiger partial charge in [-0.15, -0.1) is 5.10 Å². The molecule has 1 heterocycles. The molecule has 1 aliphatic carbocycles. The second-order valence-electron chi connectivity index (χ2n) is 5.43. The molecule has 1 saturated carbocycles. The lowest BCUT2D eigenvalue weighted by Gasteiger charge is -2.09. The monoisotopic (exact) mass is 304 g/mol. The molecule has 0 atom stereocenters. The molecule has 1 aromatic heterocycles. The molecule has 7 nitrogen and oxygen atoms in total. The number of nitrogens with zero attached hydrogens (tertiary/aromatic N) is 4. The molecule has 116 valence electrons. The zero-order valence-corrected chi connectivity index (χ0v) is 12.2. The zero-order chi connectivity index (χ0) is 15.5. The average molecular weight is 304 g/mol. The molecule has 1 aromatic carbocycles. The smallest absolute Gasteiger partial charge is 0.238 e. The highest BCUT2D eigenvalue weighted by molar-refractivity contribution is 5.92. The Morgan fingerprint density at radius 2 is 2.27 bits per heavy atom. The molecule has 0 unspecified atom stereocenters. The van der Waals surface area contributed by atoms with Crippen molar-refractivity contribution in [2.24, 2.45) is 5.92 Å². The predicted octanol–water partition coefficient (Wildman–Crippen LogP) is 1.05. The number of hydrogen-bond donors (Lipinski definition) is 2. The number of tetrazole rings is 1. The lowest BCUT2D eigenvalue weighted by atomic mass is 10.2. The van der Waals surface area contributed by atoms with Crippen molar-refractivity contribution in [2.45, 2.75) is 19.8 Å². The van der Waals surface area contributed by atoms with Crippen molar-refractivity contribution < 1.29 is 9.18 Å². The number of hydrogen-bond acceptors (Lipinski definition) is 5. The third-order valence-corrected chi connectivity index (χ3v) is 3.50. The van der Waals surface area contributed by atoms with Crippen LogP contribution in [0.1, 0.15) is 18.7 Å². The Morgan fingerprint density at radius 1 is 1.45 bits per heavy atom. The van der Waals surface area contributed by atoms with E-state index in [9.17, 15) is 9.18 Å². The van der Waals surface area contributed by atoms with E-state index in [4.69, 9.17) is 0 Å². The van der Waals surface area contributed by atoms with E-state index in [1.165, 1.54) is 35.7 Å². The Labute approximate surface area is 126 Å². The van der Waals surface area contributed by atoms with E-state index in [0.717, 1.165) is 6.54 Å². The van der Waals surface area contributed by atoms with Crippen LogP contribution in [-0.2, 0) is 4.79 Å². The summed E-state index contributed by atoms with van der Waals surface area (Å²) in [5, 5.41) is 16.8. The van der Waals surface area contributed by atoms with Crippen LogP contribution >= 0.6 is 0 Å². The van der Waals surface area contributed by atoms with E-state index >= 15 is 0 Å². The highest BCUT2D eigenvalue weighted by Crippen LogP contribution is 2.27. The number of halogens is 1. The van der Waals surface area contributed by atoms with Gasteiger partial charge >= 0.3 is 0 Å². The summed E-state index contributed by atoms with van der Waals surface area (Å²) >= 11 is 0. The molecule has 2 N–H and O–H groups in total. The van der Waals surface area contributed by atoms with Gasteiger partial charge in [-0.3, -0.25) is 4.79 Å². The number of rotatable bonds is 6. The van der Waals surface area contributed by atoms with Crippen LogP contribution in [0.3, 0.4) is 0 Å². The van der Waals surface area contributed by atoms with E-state index in [1.807, 2.05) is 0 Å². The first-order valence-electron chi connectivity index (χ1n) is 7.19. The summed E-state index contributed by atoms with van der Waals surface area (Å²) in [6.07, 6.45) is 2.47. The number of carbonyl (C=O) groups excluding carboxylic acids is 1. The van der Waals surface area contributed by atoms with Crippen molar-refractivity contribution in [3.63, 3.8) is 0 Å². The minimum absolute atomic E-state index is 0.161. The molecule has 1 fully saturated rings. The fourth-order valence-corrected chi connectivity index (χ4v) is 2.12. The first-order chi connectivity index (χ1) is 10.6. The third-order valence-electron chi connectivity index (χ3n) is 3.50. The van der Waals surface area contributed by atoms with Crippen LogP contribution < -0.4 is 10.6 Å². The Hall–Kier alpha value is -2.35. The van der Waals surface area contributed by atoms with E-state index in [-0.39, 0.29) is 18.1 Å². The first kappa shape index (κ1) is 14.6. The maximum Gasteiger partial charge on any atom is 0.238 e. The van der Waals surface area contributed by atoms with Crippen molar-refractivity contribution in [2.75, 3.05) is 18.4 Å². The van der Waals surface area contributed by atoms with Crippen molar-refractivity contribution in [3.8, 4) is 5.69 Å². The van der Waals surface area contributed by atoms with Crippen LogP contribution in [0, 0.1) is 18.7 Å². The van der Waals surface area contributed by atoms with E-state index in [0.29, 0.717) is 17.4 Å². The molecule has 22 heavy (non-hydrogen) atoms. The first-order valence-corrected chi connectivity index (χ1v) is 7.19. The summed E-state index contributed by atoms with van der Waals surface area (Å²) in [5.74, 6) is 0.563. The third kappa shape index (κ3) is 3.45. The van der Waals surface area contributed by atoms with Crippen LogP contribution in [0.4, 0.5) is 10.1 Å². The number of benzene rings is 1. The molecule has 3 rings (SSSR count). The van der Waals surface area contributed by atoms with E-state index in [1.54, 1.807) is 6.92 Å². The molecular formula is C14H17FN6O. The van der Waals surface area contributed by atoms with Crippen LogP contribution in [0.5, 0.6) is 0 Å². The normalized spacial score (nSPS) is 14.1. The Bertz CT molecular complexity index is 682. The summed E-state index contributed by atoms with van der Waals surface area (Å²) in [6.45, 7) is 2.78. The Morgan fingerprint density at radius 3 is 2.95 bits per heavy atom. The van der Waals surface area contributed by atoms with Crippen LogP contribution in [0.2, 0.25) is 0 Å². The highest BCUT2D eigenvalue weighted by Gasteiger charge is 2.20. The minimum Gasteiger partial charge on any atom is -0.325 e. The second kappa shape index (κ2) is 6.18. The quantitative estimate of drug-likeness (QED) is 0.833. The van der Waals surface area contributed by atoms with Gasteiger partial charge in [0.1, 0.15) is 11.5 Å². The molecule has 2 aromatic rings. The molecule has 0 bridgehead atoms. The largest absolute Gasteiger partial charge is 0.325 e. The molecule has 1 amide bonds. The minimum atomic E-state index is -0.458. The fourth-order valence-electron chi connectivity index (χ4n) is 2.12. The number of carbonyl (C=O) groups is 1. The number of aryl methyl sites for hydroxylation is 1. The Balaban J connectivity index is 1.66. The van der Waals surface area contributed by atoms with Crippen LogP contribution in [0.15, 0.2) is 18.2 Å². The van der Waals surface area contributed by atoms with Gasteiger partial charge in [-0.1, -0.05) is 0 Å². The summed E-state index contributed by atoms with van der Waals surface area (Å²) in [7, 11) is 0. The fraction of sp³-hybridized carbons (Fsp3) is 0.429. The van der Waals surface area contributed by atoms with Gasteiger partial charge in [-0.25, -0.2) is 4.39 Å². The molecule has 0 radical (unpaired) electrons. The maximum atomic E-state index is 13.9. The number of nitrogens with one attached hydrogen (secondary N) is 2. The summed E-state index contributed by atoms with van der Waals surface area (Å²) in [4.78, 5) is 11.8. The van der Waals surface area contributed by atoms with Crippen molar-refractivity contribution in [1.82, 2.24) is 25.5 Å². The molecule has 8 heteroatoms. The summed E-state index contributed by atoms with van der Waals surface area (Å²) in [5.41, 5.74) is 0.704. The average Bonchev–Trinajstić information content (AvgIpc) is 3.21. The summed E-state index contributed by atoms with van der Waals surface area (Å²) in [6, 6.07) is 4.30.